The zero-order valence-corrected chi connectivity index (χ0v) is 18.5. The molecule has 0 radical (unpaired) electrons. The van der Waals surface area contributed by atoms with Gasteiger partial charge in [0.25, 0.3) is 0 Å². The number of carbonyl (C=O) groups excluding carboxylic acids is 1. The van der Waals surface area contributed by atoms with Gasteiger partial charge in [0.1, 0.15) is 6.61 Å². The Bertz CT molecular complexity index is 1130. The molecule has 0 bridgehead atoms. The van der Waals surface area contributed by atoms with Crippen LogP contribution in [0.3, 0.4) is 0 Å². The number of carbonyl (C=O) groups is 1. The molecule has 2 aliphatic rings. The molecule has 3 aromatic rings. The van der Waals surface area contributed by atoms with Gasteiger partial charge in [-0.3, -0.25) is 4.79 Å². The quantitative estimate of drug-likeness (QED) is 0.580. The summed E-state index contributed by atoms with van der Waals surface area (Å²) in [4.78, 5) is 15.2. The SMILES string of the molecule is C[C@H](Sc1nnc([C@H]2COc3ccccc3O2)n1C)C(=O)N1c2ccccc2C[C@@H]1C. The van der Waals surface area contributed by atoms with Gasteiger partial charge in [0.05, 0.1) is 5.25 Å². The van der Waals surface area contributed by atoms with Gasteiger partial charge < -0.3 is 18.9 Å². The van der Waals surface area contributed by atoms with Crippen molar-refractivity contribution in [3.8, 4) is 11.5 Å². The van der Waals surface area contributed by atoms with Crippen LogP contribution in [0, 0.1) is 0 Å². The summed E-state index contributed by atoms with van der Waals surface area (Å²) in [5, 5.41) is 9.05. The van der Waals surface area contributed by atoms with Crippen LogP contribution in [0.4, 0.5) is 5.69 Å². The predicted octanol–water partition coefficient (Wildman–Crippen LogP) is 3.79. The van der Waals surface area contributed by atoms with Crippen molar-refractivity contribution in [3.05, 3.63) is 59.9 Å². The number of rotatable bonds is 4. The van der Waals surface area contributed by atoms with Crippen molar-refractivity contribution in [1.82, 2.24) is 14.8 Å². The standard InChI is InChI=1S/C23H24N4O3S/c1-14-12-16-8-4-5-9-17(16)27(14)22(28)15(2)31-23-25-24-21(26(23)3)20-13-29-18-10-6-7-11-19(18)30-20/h4-11,14-15,20H,12-13H2,1-3H3/t14-,15-,20+/m0/s1. The topological polar surface area (TPSA) is 69.5 Å². The second kappa shape index (κ2) is 7.92. The number of hydrogen-bond acceptors (Lipinski definition) is 6. The molecule has 0 spiro atoms. The lowest BCUT2D eigenvalue weighted by molar-refractivity contribution is -0.118. The number of hydrogen-bond donors (Lipinski definition) is 0. The van der Waals surface area contributed by atoms with Gasteiger partial charge in [-0.2, -0.15) is 0 Å². The van der Waals surface area contributed by atoms with Crippen LogP contribution in [0.25, 0.3) is 0 Å². The molecule has 8 heteroatoms. The third kappa shape index (κ3) is 3.54. The van der Waals surface area contributed by atoms with Gasteiger partial charge in [-0.25, -0.2) is 0 Å². The van der Waals surface area contributed by atoms with E-state index in [2.05, 4.69) is 23.2 Å². The third-order valence-electron chi connectivity index (χ3n) is 5.74. The maximum atomic E-state index is 13.3. The second-order valence-electron chi connectivity index (χ2n) is 7.91. The summed E-state index contributed by atoms with van der Waals surface area (Å²) in [5.41, 5.74) is 2.23. The highest BCUT2D eigenvalue weighted by atomic mass is 32.2. The molecule has 0 aliphatic carbocycles. The Kier molecular flexibility index (Phi) is 5.09. The van der Waals surface area contributed by atoms with Crippen LogP contribution in [-0.2, 0) is 18.3 Å². The molecular weight excluding hydrogens is 412 g/mol. The van der Waals surface area contributed by atoms with Gasteiger partial charge in [0.2, 0.25) is 5.91 Å². The summed E-state index contributed by atoms with van der Waals surface area (Å²) in [6, 6.07) is 15.9. The number of nitrogens with zero attached hydrogens (tertiary/aromatic N) is 4. The van der Waals surface area contributed by atoms with E-state index in [9.17, 15) is 4.79 Å². The molecule has 160 valence electrons. The Morgan fingerprint density at radius 1 is 1.13 bits per heavy atom. The molecule has 3 atom stereocenters. The predicted molar refractivity (Wildman–Crippen MR) is 119 cm³/mol. The number of thioether (sulfide) groups is 1. The number of amides is 1. The van der Waals surface area contributed by atoms with E-state index in [1.807, 2.05) is 65.9 Å². The van der Waals surface area contributed by atoms with E-state index in [-0.39, 0.29) is 23.3 Å². The first-order valence-corrected chi connectivity index (χ1v) is 11.3. The van der Waals surface area contributed by atoms with E-state index in [0.29, 0.717) is 23.3 Å². The summed E-state index contributed by atoms with van der Waals surface area (Å²) in [6.07, 6.45) is 0.534. The van der Waals surface area contributed by atoms with Crippen LogP contribution >= 0.6 is 11.8 Å². The smallest absolute Gasteiger partial charge is 0.240 e. The Balaban J connectivity index is 1.31. The van der Waals surface area contributed by atoms with Crippen molar-refractivity contribution in [2.45, 2.75) is 42.8 Å². The number of anilines is 1. The third-order valence-corrected chi connectivity index (χ3v) is 6.86. The lowest BCUT2D eigenvalue weighted by Crippen LogP contribution is -2.40. The van der Waals surface area contributed by atoms with Gasteiger partial charge in [-0.1, -0.05) is 42.1 Å². The van der Waals surface area contributed by atoms with Gasteiger partial charge in [-0.15, -0.1) is 10.2 Å². The molecule has 0 N–H and O–H groups in total. The molecule has 7 nitrogen and oxygen atoms in total. The maximum absolute atomic E-state index is 13.3. The fourth-order valence-electron chi connectivity index (χ4n) is 4.16. The van der Waals surface area contributed by atoms with Crippen molar-refractivity contribution in [2.75, 3.05) is 11.5 Å². The average molecular weight is 437 g/mol. The van der Waals surface area contributed by atoms with E-state index in [1.54, 1.807) is 0 Å². The summed E-state index contributed by atoms with van der Waals surface area (Å²) in [5.74, 6) is 2.19. The highest BCUT2D eigenvalue weighted by molar-refractivity contribution is 8.00. The van der Waals surface area contributed by atoms with E-state index in [1.165, 1.54) is 17.3 Å². The molecule has 1 amide bonds. The number of para-hydroxylation sites is 3. The molecule has 0 saturated heterocycles. The molecule has 0 fully saturated rings. The fourth-order valence-corrected chi connectivity index (χ4v) is 5.03. The fraction of sp³-hybridized carbons (Fsp3) is 0.348. The average Bonchev–Trinajstić information content (AvgIpc) is 3.31. The van der Waals surface area contributed by atoms with Crippen molar-refractivity contribution in [2.24, 2.45) is 7.05 Å². The number of fused-ring (bicyclic) bond motifs is 2. The highest BCUT2D eigenvalue weighted by Crippen LogP contribution is 2.37. The molecule has 2 aliphatic heterocycles. The highest BCUT2D eigenvalue weighted by Gasteiger charge is 2.34. The molecule has 3 heterocycles. The summed E-state index contributed by atoms with van der Waals surface area (Å²) < 4.78 is 13.8. The first-order chi connectivity index (χ1) is 15.0. The first-order valence-electron chi connectivity index (χ1n) is 10.4. The molecule has 5 rings (SSSR count). The van der Waals surface area contributed by atoms with Gasteiger partial charge in [0, 0.05) is 18.8 Å². The molecule has 0 saturated carbocycles. The zero-order chi connectivity index (χ0) is 21.5. The Morgan fingerprint density at radius 3 is 2.71 bits per heavy atom. The maximum Gasteiger partial charge on any atom is 0.240 e. The molecule has 0 unspecified atom stereocenters. The number of aromatic nitrogens is 3. The molecule has 2 aromatic carbocycles. The van der Waals surface area contributed by atoms with Crippen molar-refractivity contribution < 1.29 is 14.3 Å². The Labute approximate surface area is 185 Å². The first kappa shape index (κ1) is 19.9. The lowest BCUT2D eigenvalue weighted by atomic mass is 10.1. The lowest BCUT2D eigenvalue weighted by Gasteiger charge is -2.26. The summed E-state index contributed by atoms with van der Waals surface area (Å²) >= 11 is 1.41. The van der Waals surface area contributed by atoms with Gasteiger partial charge in [-0.05, 0) is 44.0 Å². The number of ether oxygens (including phenoxy) is 2. The van der Waals surface area contributed by atoms with Crippen LogP contribution in [0.15, 0.2) is 53.7 Å². The monoisotopic (exact) mass is 436 g/mol. The summed E-state index contributed by atoms with van der Waals surface area (Å²) in [7, 11) is 1.90. The molecular formula is C23H24N4O3S. The minimum absolute atomic E-state index is 0.0816. The van der Waals surface area contributed by atoms with Crippen LogP contribution < -0.4 is 14.4 Å². The Hall–Kier alpha value is -3.00. The zero-order valence-electron chi connectivity index (χ0n) is 17.7. The van der Waals surface area contributed by atoms with Crippen LogP contribution in [0.2, 0.25) is 0 Å². The van der Waals surface area contributed by atoms with E-state index < -0.39 is 0 Å². The van der Waals surface area contributed by atoms with E-state index in [0.717, 1.165) is 17.9 Å². The molecule has 1 aromatic heterocycles. The van der Waals surface area contributed by atoms with Gasteiger partial charge in [0.15, 0.2) is 28.6 Å². The largest absolute Gasteiger partial charge is 0.485 e. The van der Waals surface area contributed by atoms with Crippen LogP contribution in [0.1, 0.15) is 31.3 Å². The van der Waals surface area contributed by atoms with E-state index >= 15 is 0 Å². The van der Waals surface area contributed by atoms with Gasteiger partial charge >= 0.3 is 0 Å². The minimum atomic E-state index is -0.349. The van der Waals surface area contributed by atoms with Crippen LogP contribution in [-0.4, -0.2) is 38.6 Å². The summed E-state index contributed by atoms with van der Waals surface area (Å²) in [6.45, 7) is 4.38. The van der Waals surface area contributed by atoms with Crippen molar-refractivity contribution in [1.29, 1.82) is 0 Å². The Morgan fingerprint density at radius 2 is 1.87 bits per heavy atom. The van der Waals surface area contributed by atoms with Crippen molar-refractivity contribution >= 4 is 23.4 Å². The minimum Gasteiger partial charge on any atom is -0.485 e. The molecule has 31 heavy (non-hydrogen) atoms. The normalized spacial score (nSPS) is 20.4. The van der Waals surface area contributed by atoms with Crippen LogP contribution in [0.5, 0.6) is 11.5 Å². The second-order valence-corrected chi connectivity index (χ2v) is 9.22. The van der Waals surface area contributed by atoms with E-state index in [4.69, 9.17) is 9.47 Å². The van der Waals surface area contributed by atoms with Crippen molar-refractivity contribution in [3.63, 3.8) is 0 Å². The number of benzene rings is 2.